The summed E-state index contributed by atoms with van der Waals surface area (Å²) in [6, 6.07) is 6.50. The quantitative estimate of drug-likeness (QED) is 0.328. The molecule has 4 heterocycles. The van der Waals surface area contributed by atoms with Crippen LogP contribution in [0.1, 0.15) is 58.6 Å². The highest BCUT2D eigenvalue weighted by Crippen LogP contribution is 2.54. The molecule has 4 aliphatic heterocycles. The van der Waals surface area contributed by atoms with Gasteiger partial charge in [0.25, 0.3) is 0 Å². The van der Waals surface area contributed by atoms with E-state index in [0.717, 1.165) is 0 Å². The Hall–Kier alpha value is -3.54. The largest absolute Gasteiger partial charge is 0.455 e. The minimum absolute atomic E-state index is 0.0799. The molecule has 3 amide bonds. The number of methoxy groups -OCH3 is 1. The van der Waals surface area contributed by atoms with Crippen molar-refractivity contribution >= 4 is 23.7 Å². The number of ether oxygens (including phenoxy) is 3. The number of esters is 1. The van der Waals surface area contributed by atoms with E-state index >= 15 is 0 Å². The molecule has 2 saturated heterocycles. The van der Waals surface area contributed by atoms with Gasteiger partial charge in [-0.15, -0.1) is 0 Å². The highest BCUT2D eigenvalue weighted by molar-refractivity contribution is 5.99. The van der Waals surface area contributed by atoms with Crippen molar-refractivity contribution in [3.63, 3.8) is 0 Å². The molecule has 1 spiro atoms. The summed E-state index contributed by atoms with van der Waals surface area (Å²) in [5.74, 6) is -3.91. The van der Waals surface area contributed by atoms with Crippen LogP contribution in [0.4, 0.5) is 0 Å². The summed E-state index contributed by atoms with van der Waals surface area (Å²) in [4.78, 5) is 59.9. The van der Waals surface area contributed by atoms with Crippen LogP contribution in [0.5, 0.6) is 0 Å². The normalized spacial score (nSPS) is 33.6. The molecule has 250 valence electrons. The Bertz CT molecular complexity index is 1350. The van der Waals surface area contributed by atoms with Crippen LogP contribution in [0.2, 0.25) is 0 Å². The Kier molecular flexibility index (Phi) is 10.3. The van der Waals surface area contributed by atoms with Crippen LogP contribution in [-0.2, 0) is 33.4 Å². The molecule has 11 heteroatoms. The SMILES string of the molecule is CC[C@H](C)[C@H](CO)N1C(=O)[C@@H]2[C@H]3C(=O)O[C@H](c4ccccc4)[C@@H](COC)NC(=O)CC/C=C\[C@H]3O[C@@]23C=CCN(C(C)C)C(=O)[C@@H]13. The Morgan fingerprint density at radius 2 is 1.83 bits per heavy atom. The Morgan fingerprint density at radius 3 is 2.48 bits per heavy atom. The van der Waals surface area contributed by atoms with Gasteiger partial charge in [-0.3, -0.25) is 19.2 Å². The predicted molar refractivity (Wildman–Crippen MR) is 169 cm³/mol. The van der Waals surface area contributed by atoms with Crippen LogP contribution < -0.4 is 5.32 Å². The zero-order chi connectivity index (χ0) is 33.2. The standard InChI is InChI=1S/C35H47N3O8/c1-6-22(4)25(19-39)38-31-33(42)37(21(2)3)18-12-17-35(31)29(32(38)41)28-26(46-35)15-10-11-16-27(40)36-24(20-44-5)30(45-34(28)43)23-13-8-7-9-14-23/h7-10,12-15,17,21-22,24-26,28-31,39H,6,11,16,18-20H2,1-5H3,(H,36,40)/b15-10-/t22-,24+,25-,26+,28-,29-,30+,31+,35-/m0/s1. The van der Waals surface area contributed by atoms with Gasteiger partial charge in [-0.05, 0) is 31.7 Å². The lowest BCUT2D eigenvalue weighted by atomic mass is 9.77. The van der Waals surface area contributed by atoms with Gasteiger partial charge in [0.05, 0.1) is 37.3 Å². The first kappa shape index (κ1) is 33.8. The number of carbonyl (C=O) groups is 4. The highest BCUT2D eigenvalue weighted by Gasteiger charge is 2.72. The van der Waals surface area contributed by atoms with E-state index in [1.165, 1.54) is 12.0 Å². The van der Waals surface area contributed by atoms with E-state index in [1.54, 1.807) is 23.1 Å². The van der Waals surface area contributed by atoms with Crippen LogP contribution in [0.3, 0.4) is 0 Å². The van der Waals surface area contributed by atoms with Crippen LogP contribution >= 0.6 is 0 Å². The van der Waals surface area contributed by atoms with Crippen molar-refractivity contribution in [2.75, 3.05) is 26.9 Å². The average molecular weight is 638 g/mol. The number of aliphatic hydroxyl groups is 1. The first-order valence-electron chi connectivity index (χ1n) is 16.4. The van der Waals surface area contributed by atoms with E-state index in [4.69, 9.17) is 14.2 Å². The topological polar surface area (TPSA) is 135 Å². The van der Waals surface area contributed by atoms with Gasteiger partial charge in [0.2, 0.25) is 17.7 Å². The van der Waals surface area contributed by atoms with E-state index < -0.39 is 59.6 Å². The van der Waals surface area contributed by atoms with Crippen molar-refractivity contribution in [2.24, 2.45) is 17.8 Å². The Morgan fingerprint density at radius 1 is 1.09 bits per heavy atom. The summed E-state index contributed by atoms with van der Waals surface area (Å²) in [5, 5.41) is 13.6. The van der Waals surface area contributed by atoms with Gasteiger partial charge in [0, 0.05) is 26.1 Å². The number of likely N-dealkylation sites (tertiary alicyclic amines) is 1. The van der Waals surface area contributed by atoms with Crippen LogP contribution in [0.15, 0.2) is 54.6 Å². The lowest BCUT2D eigenvalue weighted by molar-refractivity contribution is -0.163. The third-order valence-corrected chi connectivity index (χ3v) is 10.00. The molecular formula is C35H47N3O8. The third kappa shape index (κ3) is 6.00. The Labute approximate surface area is 270 Å². The number of fused-ring (bicyclic) bond motifs is 2. The third-order valence-electron chi connectivity index (χ3n) is 10.00. The van der Waals surface area contributed by atoms with Crippen molar-refractivity contribution in [1.29, 1.82) is 0 Å². The molecule has 9 atom stereocenters. The van der Waals surface area contributed by atoms with Gasteiger partial charge in [-0.2, -0.15) is 0 Å². The molecule has 0 bridgehead atoms. The summed E-state index contributed by atoms with van der Waals surface area (Å²) in [7, 11) is 1.51. The summed E-state index contributed by atoms with van der Waals surface area (Å²) < 4.78 is 18.5. The van der Waals surface area contributed by atoms with Gasteiger partial charge >= 0.3 is 5.97 Å². The zero-order valence-electron chi connectivity index (χ0n) is 27.3. The number of nitrogens with zero attached hydrogens (tertiary/aromatic N) is 2. The van der Waals surface area contributed by atoms with Crippen LogP contribution in [0.25, 0.3) is 0 Å². The second-order valence-corrected chi connectivity index (χ2v) is 13.1. The molecule has 0 unspecified atom stereocenters. The molecule has 0 aliphatic carbocycles. The van der Waals surface area contributed by atoms with E-state index in [9.17, 15) is 24.3 Å². The van der Waals surface area contributed by atoms with Gasteiger partial charge in [-0.25, -0.2) is 0 Å². The number of amides is 3. The lowest BCUT2D eigenvalue weighted by Crippen LogP contribution is -2.60. The molecule has 2 fully saturated rings. The molecule has 4 aliphatic rings. The van der Waals surface area contributed by atoms with Crippen molar-refractivity contribution in [2.45, 2.75) is 88.9 Å². The summed E-state index contributed by atoms with van der Waals surface area (Å²) in [6.07, 6.45) is 6.52. The predicted octanol–water partition coefficient (Wildman–Crippen LogP) is 2.55. The second kappa shape index (κ2) is 14.1. The second-order valence-electron chi connectivity index (χ2n) is 13.1. The first-order chi connectivity index (χ1) is 22.1. The maximum Gasteiger partial charge on any atom is 0.313 e. The fraction of sp³-hybridized carbons (Fsp3) is 0.600. The van der Waals surface area contributed by atoms with Crippen LogP contribution in [0, 0.1) is 17.8 Å². The lowest BCUT2D eigenvalue weighted by Gasteiger charge is -2.41. The molecule has 11 nitrogen and oxygen atoms in total. The maximum absolute atomic E-state index is 14.8. The molecule has 1 aromatic rings. The van der Waals surface area contributed by atoms with Crippen molar-refractivity contribution in [3.8, 4) is 0 Å². The number of hydrogen-bond acceptors (Lipinski definition) is 8. The fourth-order valence-electron chi connectivity index (χ4n) is 7.48. The molecule has 0 radical (unpaired) electrons. The summed E-state index contributed by atoms with van der Waals surface area (Å²) >= 11 is 0. The zero-order valence-corrected chi connectivity index (χ0v) is 27.3. The molecule has 2 N–H and O–H groups in total. The van der Waals surface area contributed by atoms with Crippen LogP contribution in [-0.4, -0.2) is 101 Å². The van der Waals surface area contributed by atoms with E-state index in [1.807, 2.05) is 64.1 Å². The van der Waals surface area contributed by atoms with E-state index in [0.29, 0.717) is 24.9 Å². The Balaban J connectivity index is 1.65. The average Bonchev–Trinajstić information content (AvgIpc) is 3.42. The van der Waals surface area contributed by atoms with E-state index in [-0.39, 0.29) is 43.4 Å². The molecular weight excluding hydrogens is 590 g/mol. The van der Waals surface area contributed by atoms with Gasteiger partial charge in [-0.1, -0.05) is 74.9 Å². The number of rotatable bonds is 8. The number of allylic oxidation sites excluding steroid dienone is 1. The first-order valence-corrected chi connectivity index (χ1v) is 16.4. The van der Waals surface area contributed by atoms with Crippen molar-refractivity contribution in [1.82, 2.24) is 15.1 Å². The molecule has 46 heavy (non-hydrogen) atoms. The van der Waals surface area contributed by atoms with Gasteiger partial charge < -0.3 is 34.4 Å². The molecule has 0 saturated carbocycles. The maximum atomic E-state index is 14.8. The number of nitrogens with one attached hydrogen (secondary N) is 1. The number of carbonyl (C=O) groups excluding carboxylic acids is 4. The number of hydrogen-bond donors (Lipinski definition) is 2. The number of aliphatic hydroxyl groups excluding tert-OH is 1. The monoisotopic (exact) mass is 637 g/mol. The molecule has 1 aromatic carbocycles. The van der Waals surface area contributed by atoms with E-state index in [2.05, 4.69) is 5.32 Å². The minimum Gasteiger partial charge on any atom is -0.455 e. The fourth-order valence-corrected chi connectivity index (χ4v) is 7.48. The summed E-state index contributed by atoms with van der Waals surface area (Å²) in [6.45, 7) is 7.80. The number of benzene rings is 1. The van der Waals surface area contributed by atoms with Gasteiger partial charge in [0.15, 0.2) is 0 Å². The summed E-state index contributed by atoms with van der Waals surface area (Å²) in [5.41, 5.74) is -0.817. The number of cyclic esters (lactones) is 1. The van der Waals surface area contributed by atoms with Crippen molar-refractivity contribution < 1.29 is 38.5 Å². The van der Waals surface area contributed by atoms with Gasteiger partial charge in [0.1, 0.15) is 23.7 Å². The smallest absolute Gasteiger partial charge is 0.313 e. The molecule has 0 aromatic heterocycles. The minimum atomic E-state index is -1.47. The van der Waals surface area contributed by atoms with Crippen molar-refractivity contribution in [3.05, 3.63) is 60.2 Å². The highest BCUT2D eigenvalue weighted by atomic mass is 16.6. The molecule has 5 rings (SSSR count).